The van der Waals surface area contributed by atoms with Crippen LogP contribution in [0.25, 0.3) is 11.3 Å². The summed E-state index contributed by atoms with van der Waals surface area (Å²) in [6.45, 7) is 1.99. The second kappa shape index (κ2) is 8.63. The first-order chi connectivity index (χ1) is 15.4. The van der Waals surface area contributed by atoms with Crippen molar-refractivity contribution in [3.05, 3.63) is 63.7 Å². The van der Waals surface area contributed by atoms with Crippen LogP contribution in [0.3, 0.4) is 0 Å². The van der Waals surface area contributed by atoms with Gasteiger partial charge in [-0.2, -0.15) is 10.1 Å². The molecule has 0 aliphatic carbocycles. The van der Waals surface area contributed by atoms with Crippen molar-refractivity contribution in [2.75, 3.05) is 29.7 Å². The zero-order chi connectivity index (χ0) is 22.7. The summed E-state index contributed by atoms with van der Waals surface area (Å²) in [4.78, 5) is 21.3. The molecule has 2 aromatic carbocycles. The smallest absolute Gasteiger partial charge is 0.293 e. The zero-order valence-electron chi connectivity index (χ0n) is 17.5. The van der Waals surface area contributed by atoms with Gasteiger partial charge in [0.15, 0.2) is 11.6 Å². The molecule has 12 nitrogen and oxygen atoms in total. The molecule has 12 heteroatoms. The van der Waals surface area contributed by atoms with E-state index >= 15 is 0 Å². The van der Waals surface area contributed by atoms with E-state index in [1.807, 2.05) is 31.2 Å². The lowest BCUT2D eigenvalue weighted by atomic mass is 10.2. The SMILES string of the molecule is Cc1ccc(Nc2nc3nonc3nc2N/N=C/c2ccc(N(C)C)c([N+](=O)[O-])c2)cc1. The van der Waals surface area contributed by atoms with Gasteiger partial charge in [-0.3, -0.25) is 15.5 Å². The number of benzene rings is 2. The summed E-state index contributed by atoms with van der Waals surface area (Å²) in [5, 5.41) is 26.1. The van der Waals surface area contributed by atoms with Gasteiger partial charge in [-0.1, -0.05) is 23.8 Å². The number of aryl methyl sites for hydroxylation is 1. The van der Waals surface area contributed by atoms with E-state index < -0.39 is 4.92 Å². The van der Waals surface area contributed by atoms with Gasteiger partial charge in [0, 0.05) is 31.4 Å². The molecule has 0 unspecified atom stereocenters. The summed E-state index contributed by atoms with van der Waals surface area (Å²) in [5.41, 5.74) is 6.19. The van der Waals surface area contributed by atoms with Crippen LogP contribution in [0.5, 0.6) is 0 Å². The first kappa shape index (κ1) is 20.7. The molecule has 0 saturated carbocycles. The Balaban J connectivity index is 1.61. The molecule has 0 fully saturated rings. The van der Waals surface area contributed by atoms with E-state index in [1.165, 1.54) is 12.3 Å². The fourth-order valence-corrected chi connectivity index (χ4v) is 2.89. The topological polar surface area (TPSA) is 148 Å². The summed E-state index contributed by atoms with van der Waals surface area (Å²) >= 11 is 0. The van der Waals surface area contributed by atoms with Crippen molar-refractivity contribution in [1.82, 2.24) is 20.3 Å². The minimum Gasteiger partial charge on any atom is -0.372 e. The maximum Gasteiger partial charge on any atom is 0.293 e. The lowest BCUT2D eigenvalue weighted by Crippen LogP contribution is -2.11. The molecule has 0 amide bonds. The number of aromatic nitrogens is 4. The molecule has 0 saturated heterocycles. The van der Waals surface area contributed by atoms with Gasteiger partial charge in [-0.25, -0.2) is 9.61 Å². The number of hydrogen-bond donors (Lipinski definition) is 2. The van der Waals surface area contributed by atoms with E-state index in [2.05, 4.69) is 36.1 Å². The van der Waals surface area contributed by atoms with E-state index in [4.69, 9.17) is 4.63 Å². The van der Waals surface area contributed by atoms with Crippen molar-refractivity contribution in [2.24, 2.45) is 5.10 Å². The Morgan fingerprint density at radius 1 is 1.06 bits per heavy atom. The first-order valence-electron chi connectivity index (χ1n) is 9.49. The van der Waals surface area contributed by atoms with Crippen LogP contribution >= 0.6 is 0 Å². The number of anilines is 4. The molecule has 32 heavy (non-hydrogen) atoms. The monoisotopic (exact) mass is 433 g/mol. The molecule has 162 valence electrons. The molecular weight excluding hydrogens is 414 g/mol. The van der Waals surface area contributed by atoms with E-state index in [-0.39, 0.29) is 22.8 Å². The fraction of sp³-hybridized carbons (Fsp3) is 0.150. The quantitative estimate of drug-likeness (QED) is 0.252. The van der Waals surface area contributed by atoms with Crippen LogP contribution in [0, 0.1) is 17.0 Å². The molecule has 4 rings (SSSR count). The van der Waals surface area contributed by atoms with Crippen molar-refractivity contribution in [2.45, 2.75) is 6.92 Å². The van der Waals surface area contributed by atoms with Crippen LogP contribution in [-0.2, 0) is 0 Å². The average Bonchev–Trinajstić information content (AvgIpc) is 3.22. The highest BCUT2D eigenvalue weighted by molar-refractivity contribution is 5.84. The first-order valence-corrected chi connectivity index (χ1v) is 9.49. The molecule has 0 aliphatic heterocycles. The molecule has 0 radical (unpaired) electrons. The average molecular weight is 433 g/mol. The lowest BCUT2D eigenvalue weighted by molar-refractivity contribution is -0.384. The maximum absolute atomic E-state index is 11.4. The van der Waals surface area contributed by atoms with Gasteiger partial charge in [0.1, 0.15) is 5.69 Å². The lowest BCUT2D eigenvalue weighted by Gasteiger charge is -2.12. The predicted octanol–water partition coefficient (Wildman–Crippen LogP) is 3.49. The van der Waals surface area contributed by atoms with E-state index in [9.17, 15) is 10.1 Å². The highest BCUT2D eigenvalue weighted by Gasteiger charge is 2.16. The second-order valence-corrected chi connectivity index (χ2v) is 7.09. The minimum absolute atomic E-state index is 0.0180. The summed E-state index contributed by atoms with van der Waals surface area (Å²) in [7, 11) is 3.49. The molecule has 2 heterocycles. The zero-order valence-corrected chi connectivity index (χ0v) is 17.5. The maximum atomic E-state index is 11.4. The van der Waals surface area contributed by atoms with Crippen LogP contribution in [-0.4, -0.2) is 45.5 Å². The Kier molecular flexibility index (Phi) is 5.57. The van der Waals surface area contributed by atoms with Gasteiger partial charge in [0.25, 0.3) is 5.69 Å². The molecule has 0 aliphatic rings. The Bertz CT molecular complexity index is 1300. The van der Waals surface area contributed by atoms with E-state index in [1.54, 1.807) is 31.1 Å². The van der Waals surface area contributed by atoms with Crippen molar-refractivity contribution in [3.63, 3.8) is 0 Å². The molecule has 2 N–H and O–H groups in total. The van der Waals surface area contributed by atoms with Crippen LogP contribution in [0.4, 0.5) is 28.7 Å². The number of nitrogens with one attached hydrogen (secondary N) is 2. The third-order valence-electron chi connectivity index (χ3n) is 4.49. The Labute approximate surface area is 182 Å². The second-order valence-electron chi connectivity index (χ2n) is 7.09. The van der Waals surface area contributed by atoms with Gasteiger partial charge in [0.2, 0.25) is 11.3 Å². The molecule has 4 aromatic rings. The van der Waals surface area contributed by atoms with Gasteiger partial charge < -0.3 is 10.2 Å². The van der Waals surface area contributed by atoms with E-state index in [0.717, 1.165) is 11.3 Å². The van der Waals surface area contributed by atoms with Crippen molar-refractivity contribution < 1.29 is 9.55 Å². The van der Waals surface area contributed by atoms with Gasteiger partial charge >= 0.3 is 0 Å². The molecule has 0 atom stereocenters. The van der Waals surface area contributed by atoms with Crippen LogP contribution < -0.4 is 15.6 Å². The molecule has 0 bridgehead atoms. The Hall–Kier alpha value is -4.61. The van der Waals surface area contributed by atoms with Crippen LogP contribution in [0.1, 0.15) is 11.1 Å². The minimum atomic E-state index is -0.430. The van der Waals surface area contributed by atoms with Gasteiger partial charge in [0.05, 0.1) is 11.1 Å². The number of hydrazone groups is 1. The van der Waals surface area contributed by atoms with Gasteiger partial charge in [-0.05, 0) is 35.4 Å². The highest BCUT2D eigenvalue weighted by Crippen LogP contribution is 2.27. The number of rotatable bonds is 7. The standard InChI is InChI=1S/C20H19N9O3/c1-12-4-7-14(8-5-12)22-17-18(24-20-19(23-17)26-32-27-20)25-21-11-13-6-9-15(28(2)3)16(10-13)29(30)31/h4-11H,1-3H3,(H,22,23,26)(H,24,25,27)/b21-11+. The number of hydrogen-bond acceptors (Lipinski definition) is 11. The largest absolute Gasteiger partial charge is 0.372 e. The van der Waals surface area contributed by atoms with Crippen molar-refractivity contribution in [3.8, 4) is 0 Å². The number of nitrogens with zero attached hydrogens (tertiary/aromatic N) is 7. The summed E-state index contributed by atoms with van der Waals surface area (Å²) in [6.07, 6.45) is 1.45. The third kappa shape index (κ3) is 4.43. The number of nitro groups is 1. The third-order valence-corrected chi connectivity index (χ3v) is 4.49. The number of fused-ring (bicyclic) bond motifs is 1. The predicted molar refractivity (Wildman–Crippen MR) is 120 cm³/mol. The summed E-state index contributed by atoms with van der Waals surface area (Å²) < 4.78 is 4.69. The van der Waals surface area contributed by atoms with Crippen molar-refractivity contribution in [1.29, 1.82) is 0 Å². The fourth-order valence-electron chi connectivity index (χ4n) is 2.89. The summed E-state index contributed by atoms with van der Waals surface area (Å²) in [6, 6.07) is 12.6. The van der Waals surface area contributed by atoms with Crippen LogP contribution in [0.15, 0.2) is 52.2 Å². The summed E-state index contributed by atoms with van der Waals surface area (Å²) in [5.74, 6) is 0.646. The highest BCUT2D eigenvalue weighted by atomic mass is 16.6. The molecular formula is C20H19N9O3. The molecule has 2 aromatic heterocycles. The Morgan fingerprint density at radius 2 is 1.75 bits per heavy atom. The van der Waals surface area contributed by atoms with Crippen LogP contribution in [0.2, 0.25) is 0 Å². The normalized spacial score (nSPS) is 11.1. The van der Waals surface area contributed by atoms with E-state index in [0.29, 0.717) is 17.1 Å². The van der Waals surface area contributed by atoms with Gasteiger partial charge in [-0.15, -0.1) is 0 Å². The number of nitro benzene ring substituents is 1. The molecule has 0 spiro atoms. The van der Waals surface area contributed by atoms with Crippen molar-refractivity contribution >= 4 is 46.2 Å². The Morgan fingerprint density at radius 3 is 2.41 bits per heavy atom.